The van der Waals surface area contributed by atoms with Crippen molar-refractivity contribution in [3.63, 3.8) is 0 Å². The van der Waals surface area contributed by atoms with Crippen molar-refractivity contribution < 1.29 is 14.6 Å². The van der Waals surface area contributed by atoms with Crippen LogP contribution in [0.25, 0.3) is 5.57 Å². The molecule has 0 spiro atoms. The minimum atomic E-state index is -0.381. The third kappa shape index (κ3) is 4.88. The number of carbonyl (C=O) groups excluding carboxylic acids is 1. The number of aliphatic hydroxyl groups is 1. The number of nitrogens with one attached hydrogen (secondary N) is 1. The van der Waals surface area contributed by atoms with Gasteiger partial charge in [0.05, 0.1) is 19.4 Å². The first kappa shape index (κ1) is 17.2. The average molecular weight is 307 g/mol. The maximum absolute atomic E-state index is 11.8. The summed E-state index contributed by atoms with van der Waals surface area (Å²) in [5.41, 5.74) is 1.72. The summed E-state index contributed by atoms with van der Waals surface area (Å²) >= 11 is 1.36. The molecule has 0 aliphatic heterocycles. The van der Waals surface area contributed by atoms with E-state index in [0.717, 1.165) is 10.5 Å². The van der Waals surface area contributed by atoms with E-state index < -0.39 is 0 Å². The predicted molar refractivity (Wildman–Crippen MR) is 88.8 cm³/mol. The van der Waals surface area contributed by atoms with Crippen LogP contribution in [0.4, 0.5) is 5.69 Å². The number of anilines is 1. The highest BCUT2D eigenvalue weighted by atomic mass is 32.1. The molecule has 0 amide bonds. The topological polar surface area (TPSA) is 58.6 Å². The van der Waals surface area contributed by atoms with Gasteiger partial charge in [-0.2, -0.15) is 0 Å². The number of methoxy groups -OCH3 is 1. The van der Waals surface area contributed by atoms with Gasteiger partial charge in [-0.05, 0) is 25.5 Å². The Morgan fingerprint density at radius 1 is 1.57 bits per heavy atom. The number of hydrogen-bond acceptors (Lipinski definition) is 5. The Bertz CT molecular complexity index is 558. The Morgan fingerprint density at radius 3 is 2.86 bits per heavy atom. The first-order valence-electron chi connectivity index (χ1n) is 6.59. The van der Waals surface area contributed by atoms with Gasteiger partial charge in [-0.3, -0.25) is 0 Å². The van der Waals surface area contributed by atoms with Crippen molar-refractivity contribution in [2.75, 3.05) is 19.0 Å². The fourth-order valence-electron chi connectivity index (χ4n) is 1.61. The quantitative estimate of drug-likeness (QED) is 0.598. The van der Waals surface area contributed by atoms with Crippen LogP contribution in [0, 0.1) is 0 Å². The molecule has 1 atom stereocenters. The van der Waals surface area contributed by atoms with Crippen molar-refractivity contribution in [2.45, 2.75) is 19.9 Å². The Morgan fingerprint density at radius 2 is 2.29 bits per heavy atom. The van der Waals surface area contributed by atoms with Gasteiger partial charge in [0, 0.05) is 10.9 Å². The summed E-state index contributed by atoms with van der Waals surface area (Å²) in [7, 11) is 1.36. The zero-order chi connectivity index (χ0) is 15.8. The molecule has 0 radical (unpaired) electrons. The summed E-state index contributed by atoms with van der Waals surface area (Å²) < 4.78 is 4.81. The lowest BCUT2D eigenvalue weighted by Gasteiger charge is -2.11. The van der Waals surface area contributed by atoms with Gasteiger partial charge in [0.25, 0.3) is 0 Å². The standard InChI is InChI=1S/C16H21NO3S/c1-5-6-7-8-11(2)14-9-13(17-12(3)10-18)15(21-14)16(19)20-4/h5-9,12,17-18H,1,10H2,2-4H3. The minimum Gasteiger partial charge on any atom is -0.465 e. The van der Waals surface area contributed by atoms with Gasteiger partial charge in [-0.1, -0.05) is 30.9 Å². The number of hydrogen-bond donors (Lipinski definition) is 2. The molecule has 1 rings (SSSR count). The molecule has 114 valence electrons. The molecular weight excluding hydrogens is 286 g/mol. The van der Waals surface area contributed by atoms with Crippen LogP contribution in [-0.4, -0.2) is 30.8 Å². The molecule has 1 unspecified atom stereocenters. The van der Waals surface area contributed by atoms with E-state index in [1.807, 2.05) is 38.1 Å². The van der Waals surface area contributed by atoms with Crippen LogP contribution in [0.5, 0.6) is 0 Å². The molecule has 0 saturated heterocycles. The number of allylic oxidation sites excluding steroid dienone is 5. The number of ether oxygens (including phenoxy) is 1. The molecule has 0 aliphatic carbocycles. The highest BCUT2D eigenvalue weighted by molar-refractivity contribution is 7.15. The lowest BCUT2D eigenvalue weighted by molar-refractivity contribution is 0.0607. The van der Waals surface area contributed by atoms with Crippen molar-refractivity contribution in [3.05, 3.63) is 46.7 Å². The maximum Gasteiger partial charge on any atom is 0.350 e. The second kappa shape index (κ2) is 8.44. The molecule has 1 aromatic rings. The van der Waals surface area contributed by atoms with Crippen molar-refractivity contribution in [2.24, 2.45) is 0 Å². The van der Waals surface area contributed by atoms with E-state index in [1.165, 1.54) is 18.4 Å². The third-order valence-corrected chi connectivity index (χ3v) is 4.01. The summed E-state index contributed by atoms with van der Waals surface area (Å²) in [5.74, 6) is -0.381. The van der Waals surface area contributed by atoms with Crippen molar-refractivity contribution in [3.8, 4) is 0 Å². The van der Waals surface area contributed by atoms with Crippen LogP contribution >= 0.6 is 11.3 Å². The first-order chi connectivity index (χ1) is 10.0. The largest absolute Gasteiger partial charge is 0.465 e. The zero-order valence-electron chi connectivity index (χ0n) is 12.6. The van der Waals surface area contributed by atoms with Gasteiger partial charge >= 0.3 is 5.97 Å². The van der Waals surface area contributed by atoms with Crippen molar-refractivity contribution in [1.29, 1.82) is 0 Å². The highest BCUT2D eigenvalue weighted by Gasteiger charge is 2.18. The Labute approximate surface area is 129 Å². The Kier molecular flexibility index (Phi) is 6.91. The van der Waals surface area contributed by atoms with Crippen molar-refractivity contribution >= 4 is 28.6 Å². The molecule has 5 heteroatoms. The summed E-state index contributed by atoms with van der Waals surface area (Å²) in [6, 6.07) is 1.76. The average Bonchev–Trinajstić information content (AvgIpc) is 2.90. The SMILES string of the molecule is C=CC=CC=C(C)c1cc(NC(C)CO)c(C(=O)OC)s1. The fraction of sp³-hybridized carbons (Fsp3) is 0.312. The van der Waals surface area contributed by atoms with Crippen LogP contribution in [0.1, 0.15) is 28.4 Å². The molecule has 0 fully saturated rings. The van der Waals surface area contributed by atoms with Crippen LogP contribution in [-0.2, 0) is 4.74 Å². The van der Waals surface area contributed by atoms with Gasteiger partial charge in [0.15, 0.2) is 0 Å². The Balaban J connectivity index is 3.12. The minimum absolute atomic E-state index is 0.0112. The molecule has 2 N–H and O–H groups in total. The number of aliphatic hydroxyl groups excluding tert-OH is 1. The van der Waals surface area contributed by atoms with E-state index in [9.17, 15) is 4.79 Å². The molecule has 0 saturated carbocycles. The molecular formula is C16H21NO3S. The molecule has 4 nitrogen and oxygen atoms in total. The van der Waals surface area contributed by atoms with Crippen LogP contribution < -0.4 is 5.32 Å². The first-order valence-corrected chi connectivity index (χ1v) is 7.41. The van der Waals surface area contributed by atoms with Gasteiger partial charge < -0.3 is 15.2 Å². The van der Waals surface area contributed by atoms with Gasteiger partial charge in [0.1, 0.15) is 4.88 Å². The second-order valence-corrected chi connectivity index (χ2v) is 5.60. The molecule has 0 aliphatic rings. The third-order valence-electron chi connectivity index (χ3n) is 2.76. The van der Waals surface area contributed by atoms with Gasteiger partial charge in [-0.15, -0.1) is 11.3 Å². The number of rotatable bonds is 7. The monoisotopic (exact) mass is 307 g/mol. The van der Waals surface area contributed by atoms with Gasteiger partial charge in [0.2, 0.25) is 0 Å². The molecule has 0 aromatic carbocycles. The second-order valence-electron chi connectivity index (χ2n) is 4.54. The van der Waals surface area contributed by atoms with Crippen molar-refractivity contribution in [1.82, 2.24) is 0 Å². The van der Waals surface area contributed by atoms with E-state index in [1.54, 1.807) is 6.08 Å². The lowest BCUT2D eigenvalue weighted by atomic mass is 10.2. The maximum atomic E-state index is 11.8. The Hall–Kier alpha value is -1.85. The van der Waals surface area contributed by atoms with E-state index in [2.05, 4.69) is 11.9 Å². The van der Waals surface area contributed by atoms with E-state index in [-0.39, 0.29) is 18.6 Å². The predicted octanol–water partition coefficient (Wildman–Crippen LogP) is 3.47. The summed E-state index contributed by atoms with van der Waals surface area (Å²) in [5, 5.41) is 12.3. The number of esters is 1. The van der Waals surface area contributed by atoms with Crippen LogP contribution in [0.2, 0.25) is 0 Å². The van der Waals surface area contributed by atoms with Gasteiger partial charge in [-0.25, -0.2) is 4.79 Å². The van der Waals surface area contributed by atoms with E-state index in [4.69, 9.17) is 9.84 Å². The molecule has 0 bridgehead atoms. The van der Waals surface area contributed by atoms with E-state index in [0.29, 0.717) is 10.6 Å². The molecule has 21 heavy (non-hydrogen) atoms. The zero-order valence-corrected chi connectivity index (χ0v) is 13.4. The summed E-state index contributed by atoms with van der Waals surface area (Å²) in [6.07, 6.45) is 7.39. The number of carbonyl (C=O) groups is 1. The summed E-state index contributed by atoms with van der Waals surface area (Å²) in [6.45, 7) is 7.42. The van der Waals surface area contributed by atoms with Crippen LogP contribution in [0.3, 0.4) is 0 Å². The van der Waals surface area contributed by atoms with Crippen LogP contribution in [0.15, 0.2) is 36.9 Å². The van der Waals surface area contributed by atoms with E-state index >= 15 is 0 Å². The normalized spacial score (nSPS) is 13.2. The summed E-state index contributed by atoms with van der Waals surface area (Å²) in [4.78, 5) is 13.3. The lowest BCUT2D eigenvalue weighted by Crippen LogP contribution is -2.20. The highest BCUT2D eigenvalue weighted by Crippen LogP contribution is 2.33. The fourth-order valence-corrected chi connectivity index (χ4v) is 2.63. The smallest absolute Gasteiger partial charge is 0.350 e. The molecule has 1 aromatic heterocycles. The molecule has 1 heterocycles. The number of thiophene rings is 1.